The fraction of sp³-hybridized carbons (Fsp3) is 0.333. The van der Waals surface area contributed by atoms with Gasteiger partial charge in [-0.15, -0.1) is 10.2 Å². The molecular weight excluding hydrogens is 334 g/mol. The maximum absolute atomic E-state index is 9.50. The molecule has 3 rings (SSSR count). The lowest BCUT2D eigenvalue weighted by Crippen LogP contribution is -2.11. The van der Waals surface area contributed by atoms with E-state index in [0.29, 0.717) is 28.1 Å². The summed E-state index contributed by atoms with van der Waals surface area (Å²) in [5.41, 5.74) is 2.86. The van der Waals surface area contributed by atoms with Crippen LogP contribution in [0.4, 0.5) is 0 Å². The van der Waals surface area contributed by atoms with Gasteiger partial charge in [0.25, 0.3) is 5.22 Å². The fourth-order valence-corrected chi connectivity index (χ4v) is 3.10. The van der Waals surface area contributed by atoms with Crippen molar-refractivity contribution in [1.82, 2.24) is 20.0 Å². The molecule has 128 valence electrons. The van der Waals surface area contributed by atoms with Gasteiger partial charge in [0.15, 0.2) is 0 Å². The van der Waals surface area contributed by atoms with Gasteiger partial charge in [-0.05, 0) is 19.1 Å². The van der Waals surface area contributed by atoms with Gasteiger partial charge < -0.3 is 4.42 Å². The van der Waals surface area contributed by atoms with Crippen LogP contribution in [0.5, 0.6) is 0 Å². The number of thioether (sulfide) groups is 1. The summed E-state index contributed by atoms with van der Waals surface area (Å²) in [5, 5.41) is 22.7. The maximum atomic E-state index is 9.50. The van der Waals surface area contributed by atoms with E-state index in [0.717, 1.165) is 11.4 Å². The molecule has 0 radical (unpaired) electrons. The molecule has 1 aromatic carbocycles. The number of nitrogens with zero attached hydrogens (tertiary/aromatic N) is 5. The third-order valence-corrected chi connectivity index (χ3v) is 4.48. The smallest absolute Gasteiger partial charge is 0.276 e. The van der Waals surface area contributed by atoms with E-state index in [2.05, 4.69) is 21.4 Å². The van der Waals surface area contributed by atoms with Gasteiger partial charge in [-0.3, -0.25) is 0 Å². The first-order chi connectivity index (χ1) is 11.9. The van der Waals surface area contributed by atoms with Crippen molar-refractivity contribution in [3.8, 4) is 11.8 Å². The highest BCUT2D eigenvalue weighted by molar-refractivity contribution is 7.98. The average Bonchev–Trinajstić information content (AvgIpc) is 3.17. The second-order valence-corrected chi connectivity index (χ2v) is 7.60. The predicted octanol–water partition coefficient (Wildman–Crippen LogP) is 4.03. The van der Waals surface area contributed by atoms with Crippen molar-refractivity contribution in [2.24, 2.45) is 0 Å². The van der Waals surface area contributed by atoms with Gasteiger partial charge in [-0.1, -0.05) is 50.7 Å². The molecule has 0 aliphatic heterocycles. The van der Waals surface area contributed by atoms with Gasteiger partial charge >= 0.3 is 0 Å². The molecule has 0 unspecified atom stereocenters. The monoisotopic (exact) mass is 353 g/mol. The molecule has 3 aromatic rings. The Labute approximate surface area is 150 Å². The number of aryl methyl sites for hydroxylation is 1. The van der Waals surface area contributed by atoms with E-state index in [4.69, 9.17) is 4.42 Å². The normalized spacial score (nSPS) is 11.5. The minimum Gasteiger partial charge on any atom is -0.415 e. The van der Waals surface area contributed by atoms with Gasteiger partial charge in [0.1, 0.15) is 6.07 Å². The number of hydrogen-bond acceptors (Lipinski definition) is 6. The van der Waals surface area contributed by atoms with Crippen molar-refractivity contribution < 1.29 is 4.42 Å². The van der Waals surface area contributed by atoms with Crippen LogP contribution in [0.15, 0.2) is 40.0 Å². The van der Waals surface area contributed by atoms with Crippen molar-refractivity contribution in [2.75, 3.05) is 0 Å². The standard InChI is InChI=1S/C18H19N5OS/c1-12-14(10-19)15(23(22-12)13-8-6-5-7-9-13)11-25-17-21-20-16(24-17)18(2,3)4/h5-9H,11H2,1-4H3. The van der Waals surface area contributed by atoms with E-state index >= 15 is 0 Å². The predicted molar refractivity (Wildman–Crippen MR) is 95.6 cm³/mol. The average molecular weight is 353 g/mol. The van der Waals surface area contributed by atoms with Crippen molar-refractivity contribution in [1.29, 1.82) is 5.26 Å². The van der Waals surface area contributed by atoms with E-state index in [1.54, 1.807) is 0 Å². The first-order valence-electron chi connectivity index (χ1n) is 7.91. The molecule has 0 atom stereocenters. The number of para-hydroxylation sites is 1. The number of aromatic nitrogens is 4. The lowest BCUT2D eigenvalue weighted by Gasteiger charge is -2.10. The molecule has 0 N–H and O–H groups in total. The Kier molecular flexibility index (Phi) is 4.64. The van der Waals surface area contributed by atoms with Crippen molar-refractivity contribution >= 4 is 11.8 Å². The number of hydrogen-bond donors (Lipinski definition) is 0. The fourth-order valence-electron chi connectivity index (χ4n) is 2.34. The highest BCUT2D eigenvalue weighted by atomic mass is 32.2. The van der Waals surface area contributed by atoms with E-state index in [1.807, 2.05) is 62.7 Å². The molecule has 2 heterocycles. The van der Waals surface area contributed by atoms with Crippen molar-refractivity contribution in [3.63, 3.8) is 0 Å². The quantitative estimate of drug-likeness (QED) is 0.659. The summed E-state index contributed by atoms with van der Waals surface area (Å²) in [7, 11) is 0. The molecule has 0 spiro atoms. The van der Waals surface area contributed by atoms with Crippen LogP contribution < -0.4 is 0 Å². The molecule has 0 aliphatic carbocycles. The highest BCUT2D eigenvalue weighted by Crippen LogP contribution is 2.29. The molecule has 0 bridgehead atoms. The molecule has 0 amide bonds. The van der Waals surface area contributed by atoms with Crippen molar-refractivity contribution in [2.45, 2.75) is 44.1 Å². The molecule has 0 saturated carbocycles. The second kappa shape index (κ2) is 6.73. The Morgan fingerprint density at radius 2 is 1.92 bits per heavy atom. The van der Waals surface area contributed by atoms with Gasteiger partial charge in [0.05, 0.1) is 22.6 Å². The molecule has 7 heteroatoms. The maximum Gasteiger partial charge on any atom is 0.276 e. The molecule has 0 fully saturated rings. The zero-order valence-electron chi connectivity index (χ0n) is 14.6. The Balaban J connectivity index is 1.90. The molecule has 6 nitrogen and oxygen atoms in total. The van der Waals surface area contributed by atoms with Crippen LogP contribution >= 0.6 is 11.8 Å². The Hall–Kier alpha value is -2.59. The SMILES string of the molecule is Cc1nn(-c2ccccc2)c(CSc2nnc(C(C)(C)C)o2)c1C#N. The lowest BCUT2D eigenvalue weighted by molar-refractivity contribution is 0.347. The van der Waals surface area contributed by atoms with Crippen molar-refractivity contribution in [3.05, 3.63) is 53.2 Å². The summed E-state index contributed by atoms with van der Waals surface area (Å²) in [4.78, 5) is 0. The first-order valence-corrected chi connectivity index (χ1v) is 8.89. The van der Waals surface area contributed by atoms with Crippen LogP contribution in [0.1, 0.15) is 43.6 Å². The van der Waals surface area contributed by atoms with E-state index < -0.39 is 0 Å². The summed E-state index contributed by atoms with van der Waals surface area (Å²) in [6.45, 7) is 7.92. The van der Waals surface area contributed by atoms with Crippen LogP contribution in [0, 0.1) is 18.3 Å². The van der Waals surface area contributed by atoms with Gasteiger partial charge in [0.2, 0.25) is 5.89 Å². The molecule has 2 aromatic heterocycles. The van der Waals surface area contributed by atoms with Gasteiger partial charge in [-0.2, -0.15) is 10.4 Å². The van der Waals surface area contributed by atoms with Gasteiger partial charge in [-0.25, -0.2) is 4.68 Å². The lowest BCUT2D eigenvalue weighted by atomic mass is 9.97. The Morgan fingerprint density at radius 1 is 1.20 bits per heavy atom. The third kappa shape index (κ3) is 3.59. The Bertz CT molecular complexity index is 915. The van der Waals surface area contributed by atoms with Gasteiger partial charge in [0, 0.05) is 11.2 Å². The molecule has 0 saturated heterocycles. The zero-order valence-corrected chi connectivity index (χ0v) is 15.5. The van der Waals surface area contributed by atoms with Crippen LogP contribution in [0.2, 0.25) is 0 Å². The number of rotatable bonds is 4. The highest BCUT2D eigenvalue weighted by Gasteiger charge is 2.22. The summed E-state index contributed by atoms with van der Waals surface area (Å²) in [6.07, 6.45) is 0. The van der Waals surface area contributed by atoms with Crippen LogP contribution in [-0.4, -0.2) is 20.0 Å². The summed E-state index contributed by atoms with van der Waals surface area (Å²) >= 11 is 1.41. The molecule has 25 heavy (non-hydrogen) atoms. The van der Waals surface area contributed by atoms with Crippen LogP contribution in [0.3, 0.4) is 0 Å². The molecular formula is C18H19N5OS. The zero-order chi connectivity index (χ0) is 18.0. The third-order valence-electron chi connectivity index (χ3n) is 3.65. The largest absolute Gasteiger partial charge is 0.415 e. The molecule has 0 aliphatic rings. The van der Waals surface area contributed by atoms with Crippen LogP contribution in [0.25, 0.3) is 5.69 Å². The summed E-state index contributed by atoms with van der Waals surface area (Å²) in [6, 6.07) is 12.0. The summed E-state index contributed by atoms with van der Waals surface area (Å²) < 4.78 is 7.53. The van der Waals surface area contributed by atoms with Crippen LogP contribution in [-0.2, 0) is 11.2 Å². The number of benzene rings is 1. The first kappa shape index (κ1) is 17.2. The number of nitriles is 1. The van der Waals surface area contributed by atoms with E-state index in [-0.39, 0.29) is 5.41 Å². The van der Waals surface area contributed by atoms with E-state index in [9.17, 15) is 5.26 Å². The minimum absolute atomic E-state index is 0.188. The second-order valence-electron chi connectivity index (χ2n) is 6.68. The topological polar surface area (TPSA) is 80.5 Å². The minimum atomic E-state index is -0.188. The Morgan fingerprint density at radius 3 is 2.52 bits per heavy atom. The van der Waals surface area contributed by atoms with E-state index in [1.165, 1.54) is 11.8 Å². The summed E-state index contributed by atoms with van der Waals surface area (Å²) in [5.74, 6) is 1.12.